The Bertz CT molecular complexity index is 578. The van der Waals surface area contributed by atoms with Gasteiger partial charge in [-0.3, -0.25) is 4.79 Å². The monoisotopic (exact) mass is 273 g/mol. The van der Waals surface area contributed by atoms with Crippen LogP contribution in [0.3, 0.4) is 0 Å². The third-order valence-corrected chi connectivity index (χ3v) is 2.98. The van der Waals surface area contributed by atoms with Gasteiger partial charge in [-0.05, 0) is 31.3 Å². The summed E-state index contributed by atoms with van der Waals surface area (Å²) in [4.78, 5) is 12.1. The molecular formula is C15H19N3O2. The molecule has 1 amide bonds. The molecule has 0 unspecified atom stereocenters. The maximum Gasteiger partial charge on any atom is 0.244 e. The molecule has 0 aliphatic rings. The second-order valence-electron chi connectivity index (χ2n) is 4.41. The smallest absolute Gasteiger partial charge is 0.244 e. The van der Waals surface area contributed by atoms with Crippen LogP contribution in [0, 0.1) is 0 Å². The van der Waals surface area contributed by atoms with E-state index in [1.54, 1.807) is 7.11 Å². The van der Waals surface area contributed by atoms with Crippen molar-refractivity contribution in [1.29, 1.82) is 0 Å². The number of amides is 1. The Morgan fingerprint density at radius 1 is 1.25 bits per heavy atom. The summed E-state index contributed by atoms with van der Waals surface area (Å²) in [5, 5.41) is 5.94. The third-order valence-electron chi connectivity index (χ3n) is 2.98. The number of para-hydroxylation sites is 2. The van der Waals surface area contributed by atoms with Gasteiger partial charge in [-0.1, -0.05) is 12.1 Å². The highest BCUT2D eigenvalue weighted by atomic mass is 16.5. The number of rotatable bonds is 6. The fourth-order valence-corrected chi connectivity index (χ4v) is 2.04. The number of nitrogens with one attached hydrogen (secondary N) is 2. The molecule has 5 nitrogen and oxygen atoms in total. The van der Waals surface area contributed by atoms with Crippen LogP contribution in [-0.2, 0) is 17.9 Å². The van der Waals surface area contributed by atoms with Gasteiger partial charge in [0, 0.05) is 18.4 Å². The van der Waals surface area contributed by atoms with Crippen LogP contribution in [0.4, 0.5) is 5.69 Å². The van der Waals surface area contributed by atoms with Crippen molar-refractivity contribution >= 4 is 11.6 Å². The maximum atomic E-state index is 12.1. The van der Waals surface area contributed by atoms with E-state index in [0.29, 0.717) is 11.4 Å². The molecule has 0 aliphatic carbocycles. The lowest BCUT2D eigenvalue weighted by atomic mass is 10.3. The summed E-state index contributed by atoms with van der Waals surface area (Å²) in [6, 6.07) is 11.3. The normalized spacial score (nSPS) is 10.3. The number of hydrogen-bond donors (Lipinski definition) is 2. The summed E-state index contributed by atoms with van der Waals surface area (Å²) < 4.78 is 7.13. The van der Waals surface area contributed by atoms with E-state index in [4.69, 9.17) is 4.74 Å². The molecule has 2 aromatic rings. The molecule has 0 saturated heterocycles. The topological polar surface area (TPSA) is 55.3 Å². The van der Waals surface area contributed by atoms with E-state index in [-0.39, 0.29) is 12.5 Å². The van der Waals surface area contributed by atoms with Gasteiger partial charge in [-0.15, -0.1) is 0 Å². The average Bonchev–Trinajstić information content (AvgIpc) is 2.87. The quantitative estimate of drug-likeness (QED) is 0.844. The number of aromatic nitrogens is 1. The van der Waals surface area contributed by atoms with Gasteiger partial charge in [0.1, 0.15) is 12.3 Å². The summed E-state index contributed by atoms with van der Waals surface area (Å²) in [7, 11) is 3.47. The summed E-state index contributed by atoms with van der Waals surface area (Å²) in [6.45, 7) is 1.01. The highest BCUT2D eigenvalue weighted by Gasteiger charge is 2.09. The van der Waals surface area contributed by atoms with E-state index in [2.05, 4.69) is 10.6 Å². The van der Waals surface area contributed by atoms with Gasteiger partial charge in [-0.25, -0.2) is 0 Å². The first kappa shape index (κ1) is 14.1. The van der Waals surface area contributed by atoms with E-state index in [1.807, 2.05) is 54.2 Å². The first-order valence-electron chi connectivity index (χ1n) is 6.46. The minimum atomic E-state index is -0.0805. The number of carbonyl (C=O) groups excluding carboxylic acids is 1. The van der Waals surface area contributed by atoms with Gasteiger partial charge in [-0.2, -0.15) is 0 Å². The van der Waals surface area contributed by atoms with Gasteiger partial charge in [0.05, 0.1) is 12.8 Å². The molecule has 20 heavy (non-hydrogen) atoms. The zero-order chi connectivity index (χ0) is 14.4. The number of methoxy groups -OCH3 is 1. The molecule has 1 aromatic heterocycles. The molecule has 0 radical (unpaired) electrons. The summed E-state index contributed by atoms with van der Waals surface area (Å²) in [5.74, 6) is 0.576. The van der Waals surface area contributed by atoms with Crippen molar-refractivity contribution in [1.82, 2.24) is 9.88 Å². The predicted octanol–water partition coefficient (Wildman–Crippen LogP) is 1.85. The van der Waals surface area contributed by atoms with E-state index >= 15 is 0 Å². The van der Waals surface area contributed by atoms with Crippen molar-refractivity contribution in [2.75, 3.05) is 19.5 Å². The summed E-state index contributed by atoms with van der Waals surface area (Å²) in [5.41, 5.74) is 1.75. The second-order valence-corrected chi connectivity index (χ2v) is 4.41. The minimum Gasteiger partial charge on any atom is -0.495 e. The standard InChI is InChI=1S/C15H19N3O2/c1-16-10-12-6-5-9-18(12)11-15(19)17-13-7-3-4-8-14(13)20-2/h3-9,16H,10-11H2,1-2H3,(H,17,19). The van der Waals surface area contributed by atoms with Crippen molar-refractivity contribution in [3.8, 4) is 5.75 Å². The molecule has 0 fully saturated rings. The molecule has 1 heterocycles. The number of nitrogens with zero attached hydrogens (tertiary/aromatic N) is 1. The van der Waals surface area contributed by atoms with E-state index in [9.17, 15) is 4.79 Å². The van der Waals surface area contributed by atoms with Crippen LogP contribution < -0.4 is 15.4 Å². The number of carbonyl (C=O) groups is 1. The second kappa shape index (κ2) is 6.77. The van der Waals surface area contributed by atoms with Crippen LogP contribution in [0.25, 0.3) is 0 Å². The average molecular weight is 273 g/mol. The van der Waals surface area contributed by atoms with Gasteiger partial charge >= 0.3 is 0 Å². The molecule has 0 saturated carbocycles. The van der Waals surface area contributed by atoms with Gasteiger partial charge in [0.15, 0.2) is 0 Å². The van der Waals surface area contributed by atoms with Gasteiger partial charge in [0.25, 0.3) is 0 Å². The van der Waals surface area contributed by atoms with Crippen LogP contribution in [-0.4, -0.2) is 24.6 Å². The number of benzene rings is 1. The molecule has 0 bridgehead atoms. The van der Waals surface area contributed by atoms with E-state index in [1.165, 1.54) is 0 Å². The highest BCUT2D eigenvalue weighted by Crippen LogP contribution is 2.22. The van der Waals surface area contributed by atoms with E-state index < -0.39 is 0 Å². The molecular weight excluding hydrogens is 254 g/mol. The third kappa shape index (κ3) is 3.39. The predicted molar refractivity (Wildman–Crippen MR) is 78.8 cm³/mol. The Morgan fingerprint density at radius 3 is 2.80 bits per heavy atom. The minimum absolute atomic E-state index is 0.0805. The molecule has 5 heteroatoms. The lowest BCUT2D eigenvalue weighted by Gasteiger charge is -2.12. The zero-order valence-electron chi connectivity index (χ0n) is 11.7. The Kier molecular flexibility index (Phi) is 4.79. The fraction of sp³-hybridized carbons (Fsp3) is 0.267. The largest absolute Gasteiger partial charge is 0.495 e. The fourth-order valence-electron chi connectivity index (χ4n) is 2.04. The van der Waals surface area contributed by atoms with E-state index in [0.717, 1.165) is 12.2 Å². The lowest BCUT2D eigenvalue weighted by Crippen LogP contribution is -2.21. The number of ether oxygens (including phenoxy) is 1. The van der Waals surface area contributed by atoms with Crippen LogP contribution >= 0.6 is 0 Å². The molecule has 0 aliphatic heterocycles. The first-order valence-corrected chi connectivity index (χ1v) is 6.46. The summed E-state index contributed by atoms with van der Waals surface area (Å²) in [6.07, 6.45) is 1.90. The maximum absolute atomic E-state index is 12.1. The molecule has 0 spiro atoms. The SMILES string of the molecule is CNCc1cccn1CC(=O)Nc1ccccc1OC. The Hall–Kier alpha value is -2.27. The molecule has 2 rings (SSSR count). The van der Waals surface area contributed by atoms with Crippen molar-refractivity contribution in [2.24, 2.45) is 0 Å². The Balaban J connectivity index is 2.03. The molecule has 1 aromatic carbocycles. The Morgan fingerprint density at radius 2 is 2.05 bits per heavy atom. The van der Waals surface area contributed by atoms with Crippen molar-refractivity contribution < 1.29 is 9.53 Å². The number of anilines is 1. The zero-order valence-corrected chi connectivity index (χ0v) is 11.7. The van der Waals surface area contributed by atoms with Gasteiger partial charge in [0.2, 0.25) is 5.91 Å². The van der Waals surface area contributed by atoms with Gasteiger partial charge < -0.3 is 19.9 Å². The molecule has 0 atom stereocenters. The van der Waals surface area contributed by atoms with Crippen LogP contribution in [0.15, 0.2) is 42.6 Å². The molecule has 2 N–H and O–H groups in total. The summed E-state index contributed by atoms with van der Waals surface area (Å²) >= 11 is 0. The lowest BCUT2D eigenvalue weighted by molar-refractivity contribution is -0.116. The van der Waals surface area contributed by atoms with Crippen molar-refractivity contribution in [3.63, 3.8) is 0 Å². The first-order chi connectivity index (χ1) is 9.74. The Labute approximate surface area is 118 Å². The van der Waals surface area contributed by atoms with Crippen LogP contribution in [0.2, 0.25) is 0 Å². The van der Waals surface area contributed by atoms with Crippen molar-refractivity contribution in [2.45, 2.75) is 13.1 Å². The van der Waals surface area contributed by atoms with Crippen LogP contribution in [0.1, 0.15) is 5.69 Å². The molecule has 106 valence electrons. The highest BCUT2D eigenvalue weighted by molar-refractivity contribution is 5.92. The number of hydrogen-bond acceptors (Lipinski definition) is 3. The van der Waals surface area contributed by atoms with Crippen LogP contribution in [0.5, 0.6) is 5.75 Å². The van der Waals surface area contributed by atoms with Crippen molar-refractivity contribution in [3.05, 3.63) is 48.3 Å².